The van der Waals surface area contributed by atoms with Gasteiger partial charge in [-0.05, 0) is 38.3 Å². The van der Waals surface area contributed by atoms with Crippen LogP contribution < -0.4 is 0 Å². The molecule has 0 amide bonds. The van der Waals surface area contributed by atoms with Gasteiger partial charge in [0.05, 0.1) is 6.54 Å². The zero-order chi connectivity index (χ0) is 9.47. The Balaban J connectivity index is 2.10. The highest BCUT2D eigenvalue weighted by Gasteiger charge is 2.27. The van der Waals surface area contributed by atoms with Crippen molar-refractivity contribution in [2.75, 3.05) is 19.6 Å². The standard InChI is InChI=1S/C11H18N2/c1-11(2,3)13-5-4-9-6-12-7-10(9)8-13/h6H,4-5,7-8H2,1-3H3. The fourth-order valence-corrected chi connectivity index (χ4v) is 1.99. The number of aliphatic imine (C=N–C) groups is 1. The summed E-state index contributed by atoms with van der Waals surface area (Å²) in [4.78, 5) is 6.86. The second-order valence-electron chi connectivity index (χ2n) is 4.94. The molecule has 0 spiro atoms. The average Bonchev–Trinajstić information content (AvgIpc) is 2.47. The molecule has 0 saturated carbocycles. The van der Waals surface area contributed by atoms with Crippen molar-refractivity contribution in [3.8, 4) is 0 Å². The summed E-state index contributed by atoms with van der Waals surface area (Å²) < 4.78 is 0. The summed E-state index contributed by atoms with van der Waals surface area (Å²) in [6, 6.07) is 0. The van der Waals surface area contributed by atoms with Crippen molar-refractivity contribution in [3.63, 3.8) is 0 Å². The molecule has 2 aliphatic rings. The fraction of sp³-hybridized carbons (Fsp3) is 0.727. The number of rotatable bonds is 0. The van der Waals surface area contributed by atoms with Crippen molar-refractivity contribution in [3.05, 3.63) is 11.1 Å². The van der Waals surface area contributed by atoms with Gasteiger partial charge < -0.3 is 0 Å². The molecule has 0 unspecified atom stereocenters. The average molecular weight is 178 g/mol. The van der Waals surface area contributed by atoms with Crippen LogP contribution in [0.25, 0.3) is 0 Å². The van der Waals surface area contributed by atoms with Crippen molar-refractivity contribution in [1.29, 1.82) is 0 Å². The third kappa shape index (κ3) is 1.68. The molecule has 13 heavy (non-hydrogen) atoms. The second kappa shape index (κ2) is 2.95. The van der Waals surface area contributed by atoms with E-state index in [0.29, 0.717) is 5.54 Å². The summed E-state index contributed by atoms with van der Waals surface area (Å²) in [5, 5.41) is 0. The van der Waals surface area contributed by atoms with Gasteiger partial charge in [0, 0.05) is 24.8 Å². The lowest BCUT2D eigenvalue weighted by Crippen LogP contribution is -2.45. The van der Waals surface area contributed by atoms with E-state index in [4.69, 9.17) is 0 Å². The molecule has 0 aromatic carbocycles. The van der Waals surface area contributed by atoms with Gasteiger partial charge in [0.1, 0.15) is 0 Å². The van der Waals surface area contributed by atoms with Crippen molar-refractivity contribution in [2.45, 2.75) is 32.7 Å². The molecule has 2 heteroatoms. The van der Waals surface area contributed by atoms with Crippen LogP contribution in [0.15, 0.2) is 16.1 Å². The van der Waals surface area contributed by atoms with E-state index in [9.17, 15) is 0 Å². The van der Waals surface area contributed by atoms with E-state index in [1.54, 1.807) is 5.57 Å². The van der Waals surface area contributed by atoms with E-state index >= 15 is 0 Å². The first kappa shape index (κ1) is 8.95. The van der Waals surface area contributed by atoms with Crippen molar-refractivity contribution >= 4 is 6.21 Å². The van der Waals surface area contributed by atoms with Gasteiger partial charge in [-0.1, -0.05) is 0 Å². The van der Waals surface area contributed by atoms with Gasteiger partial charge in [-0.3, -0.25) is 9.89 Å². The highest BCUT2D eigenvalue weighted by atomic mass is 15.2. The Morgan fingerprint density at radius 3 is 2.85 bits per heavy atom. The molecule has 2 heterocycles. The Morgan fingerprint density at radius 1 is 1.38 bits per heavy atom. The Labute approximate surface area is 80.3 Å². The minimum atomic E-state index is 0.307. The zero-order valence-electron chi connectivity index (χ0n) is 8.80. The van der Waals surface area contributed by atoms with E-state index in [2.05, 4.69) is 36.9 Å². The summed E-state index contributed by atoms with van der Waals surface area (Å²) >= 11 is 0. The Hall–Kier alpha value is -0.630. The summed E-state index contributed by atoms with van der Waals surface area (Å²) in [5.41, 5.74) is 3.35. The highest BCUT2D eigenvalue weighted by Crippen LogP contribution is 2.25. The number of nitrogens with zero attached hydrogens (tertiary/aromatic N) is 2. The van der Waals surface area contributed by atoms with E-state index in [1.165, 1.54) is 18.5 Å². The molecule has 2 nitrogen and oxygen atoms in total. The monoisotopic (exact) mass is 178 g/mol. The first-order valence-electron chi connectivity index (χ1n) is 5.03. The molecule has 0 fully saturated rings. The molecule has 0 aromatic heterocycles. The first-order chi connectivity index (χ1) is 6.07. The molecule has 0 aromatic rings. The molecular weight excluding hydrogens is 160 g/mol. The molecule has 2 rings (SSSR count). The third-order valence-electron chi connectivity index (χ3n) is 2.96. The second-order valence-corrected chi connectivity index (χ2v) is 4.94. The molecule has 0 atom stereocenters. The molecule has 0 saturated heterocycles. The first-order valence-corrected chi connectivity index (χ1v) is 5.03. The van der Waals surface area contributed by atoms with E-state index in [1.807, 2.05) is 0 Å². The maximum Gasteiger partial charge on any atom is 0.0618 e. The van der Waals surface area contributed by atoms with Crippen LogP contribution in [0, 0.1) is 0 Å². The molecule has 2 aliphatic heterocycles. The maximum atomic E-state index is 4.32. The van der Waals surface area contributed by atoms with Crippen LogP contribution >= 0.6 is 0 Å². The summed E-state index contributed by atoms with van der Waals surface area (Å²) in [6.07, 6.45) is 3.26. The lowest BCUT2D eigenvalue weighted by atomic mass is 9.97. The fourth-order valence-electron chi connectivity index (χ4n) is 1.99. The normalized spacial score (nSPS) is 23.9. The van der Waals surface area contributed by atoms with Gasteiger partial charge in [0.25, 0.3) is 0 Å². The summed E-state index contributed by atoms with van der Waals surface area (Å²) in [6.45, 7) is 10.1. The molecular formula is C11H18N2. The van der Waals surface area contributed by atoms with Crippen LogP contribution in [-0.4, -0.2) is 36.3 Å². The molecule has 0 bridgehead atoms. The van der Waals surface area contributed by atoms with Gasteiger partial charge in [-0.25, -0.2) is 0 Å². The SMILES string of the molecule is CC(C)(C)N1CCC2=C(CN=C2)C1. The van der Waals surface area contributed by atoms with Gasteiger partial charge in [-0.15, -0.1) is 0 Å². The topological polar surface area (TPSA) is 15.6 Å². The smallest absolute Gasteiger partial charge is 0.0618 e. The minimum Gasteiger partial charge on any atom is -0.294 e. The van der Waals surface area contributed by atoms with Crippen LogP contribution in [0.1, 0.15) is 27.2 Å². The Bertz CT molecular complexity index is 268. The van der Waals surface area contributed by atoms with Crippen LogP contribution in [0.4, 0.5) is 0 Å². The van der Waals surface area contributed by atoms with Gasteiger partial charge in [0.2, 0.25) is 0 Å². The van der Waals surface area contributed by atoms with E-state index in [0.717, 1.165) is 13.1 Å². The Kier molecular flexibility index (Phi) is 2.03. The van der Waals surface area contributed by atoms with E-state index < -0.39 is 0 Å². The van der Waals surface area contributed by atoms with Crippen molar-refractivity contribution in [1.82, 2.24) is 4.90 Å². The van der Waals surface area contributed by atoms with E-state index in [-0.39, 0.29) is 0 Å². The summed E-state index contributed by atoms with van der Waals surface area (Å²) in [5.74, 6) is 0. The largest absolute Gasteiger partial charge is 0.294 e. The lowest BCUT2D eigenvalue weighted by Gasteiger charge is -2.38. The van der Waals surface area contributed by atoms with Crippen molar-refractivity contribution < 1.29 is 0 Å². The highest BCUT2D eigenvalue weighted by molar-refractivity contribution is 5.83. The van der Waals surface area contributed by atoms with Gasteiger partial charge in [-0.2, -0.15) is 0 Å². The molecule has 0 aliphatic carbocycles. The zero-order valence-corrected chi connectivity index (χ0v) is 8.80. The predicted octanol–water partition coefficient (Wildman–Crippen LogP) is 1.87. The van der Waals surface area contributed by atoms with Crippen LogP contribution in [0.2, 0.25) is 0 Å². The quantitative estimate of drug-likeness (QED) is 0.553. The minimum absolute atomic E-state index is 0.307. The van der Waals surface area contributed by atoms with Crippen LogP contribution in [0.5, 0.6) is 0 Å². The molecule has 0 N–H and O–H groups in total. The van der Waals surface area contributed by atoms with Crippen molar-refractivity contribution in [2.24, 2.45) is 4.99 Å². The van der Waals surface area contributed by atoms with Gasteiger partial charge in [0.15, 0.2) is 0 Å². The molecule has 72 valence electrons. The maximum absolute atomic E-state index is 4.32. The number of hydrogen-bond donors (Lipinski definition) is 0. The number of hydrogen-bond acceptors (Lipinski definition) is 2. The summed E-state index contributed by atoms with van der Waals surface area (Å²) in [7, 11) is 0. The molecule has 0 radical (unpaired) electrons. The lowest BCUT2D eigenvalue weighted by molar-refractivity contribution is 0.145. The van der Waals surface area contributed by atoms with Crippen LogP contribution in [0.3, 0.4) is 0 Å². The van der Waals surface area contributed by atoms with Crippen LogP contribution in [-0.2, 0) is 0 Å². The predicted molar refractivity (Wildman–Crippen MR) is 56.3 cm³/mol. The van der Waals surface area contributed by atoms with Gasteiger partial charge >= 0.3 is 0 Å². The Morgan fingerprint density at radius 2 is 2.15 bits per heavy atom. The third-order valence-corrected chi connectivity index (χ3v) is 2.96.